The molecule has 2 aromatic heterocycles. The average Bonchev–Trinajstić information content (AvgIpc) is 3.53. The molecule has 0 unspecified atom stereocenters. The van der Waals surface area contributed by atoms with Crippen molar-refractivity contribution in [3.05, 3.63) is 89.7 Å². The van der Waals surface area contributed by atoms with Crippen LogP contribution in [0.15, 0.2) is 81.6 Å². The lowest BCUT2D eigenvalue weighted by Gasteiger charge is -2.08. The Kier molecular flexibility index (Phi) is 6.26. The maximum atomic E-state index is 12.7. The van der Waals surface area contributed by atoms with Gasteiger partial charge in [0, 0.05) is 16.8 Å². The van der Waals surface area contributed by atoms with E-state index in [9.17, 15) is 4.79 Å². The molecule has 5 aromatic rings. The van der Waals surface area contributed by atoms with Crippen LogP contribution >= 0.6 is 12.2 Å². The van der Waals surface area contributed by atoms with E-state index in [0.29, 0.717) is 28.4 Å². The number of carbonyl (C=O) groups excluding carboxylic acids is 1. The molecule has 0 saturated heterocycles. The number of aryl methyl sites for hydroxylation is 2. The standard InChI is InChI=1S/C28H23N3O4S/c1-16-4-5-19(14-17(16)2)23-12-13-25(34-23)26(32)31-28(36)29-20-8-11-24-22(15-20)30-27(35-24)18-6-9-21(33-3)10-7-18/h4-15H,1-3H3,(H2,29,31,32,36). The summed E-state index contributed by atoms with van der Waals surface area (Å²) in [6.45, 7) is 4.09. The van der Waals surface area contributed by atoms with Crippen LogP contribution in [0.5, 0.6) is 5.75 Å². The molecule has 3 aromatic carbocycles. The van der Waals surface area contributed by atoms with Crippen LogP contribution in [-0.4, -0.2) is 23.1 Å². The van der Waals surface area contributed by atoms with Crippen molar-refractivity contribution in [2.24, 2.45) is 0 Å². The number of ether oxygens (including phenoxy) is 1. The van der Waals surface area contributed by atoms with Crippen LogP contribution in [0.2, 0.25) is 0 Å². The Hall–Kier alpha value is -4.43. The van der Waals surface area contributed by atoms with E-state index in [4.69, 9.17) is 25.8 Å². The van der Waals surface area contributed by atoms with Crippen LogP contribution in [-0.2, 0) is 0 Å². The summed E-state index contributed by atoms with van der Waals surface area (Å²) >= 11 is 5.33. The SMILES string of the molecule is COc1ccc(-c2nc3cc(NC(=S)NC(=O)c4ccc(-c5ccc(C)c(C)c5)o4)ccc3o2)cc1. The van der Waals surface area contributed by atoms with Crippen molar-refractivity contribution in [2.45, 2.75) is 13.8 Å². The maximum absolute atomic E-state index is 12.7. The van der Waals surface area contributed by atoms with E-state index in [0.717, 1.165) is 22.4 Å². The van der Waals surface area contributed by atoms with E-state index in [1.807, 2.05) is 56.3 Å². The maximum Gasteiger partial charge on any atom is 0.293 e. The molecule has 0 fully saturated rings. The number of nitrogens with one attached hydrogen (secondary N) is 2. The normalized spacial score (nSPS) is 10.9. The van der Waals surface area contributed by atoms with E-state index in [2.05, 4.69) is 15.6 Å². The number of amides is 1. The molecule has 0 aliphatic rings. The monoisotopic (exact) mass is 497 g/mol. The summed E-state index contributed by atoms with van der Waals surface area (Å²) in [5.41, 5.74) is 6.05. The molecular weight excluding hydrogens is 474 g/mol. The van der Waals surface area contributed by atoms with Gasteiger partial charge in [0.1, 0.15) is 17.0 Å². The van der Waals surface area contributed by atoms with Crippen LogP contribution < -0.4 is 15.4 Å². The number of benzene rings is 3. The van der Waals surface area contributed by atoms with E-state index < -0.39 is 5.91 Å². The highest BCUT2D eigenvalue weighted by molar-refractivity contribution is 7.80. The largest absolute Gasteiger partial charge is 0.497 e. The first-order chi connectivity index (χ1) is 17.4. The number of hydrogen-bond acceptors (Lipinski definition) is 6. The van der Waals surface area contributed by atoms with Crippen molar-refractivity contribution in [3.8, 4) is 28.5 Å². The molecule has 1 amide bonds. The van der Waals surface area contributed by atoms with Gasteiger partial charge in [-0.15, -0.1) is 0 Å². The topological polar surface area (TPSA) is 89.5 Å². The molecule has 0 aliphatic carbocycles. The van der Waals surface area contributed by atoms with Crippen LogP contribution in [0.3, 0.4) is 0 Å². The second-order valence-corrected chi connectivity index (χ2v) is 8.71. The van der Waals surface area contributed by atoms with E-state index in [-0.39, 0.29) is 10.9 Å². The third-order valence-electron chi connectivity index (χ3n) is 5.83. The number of furan rings is 1. The molecule has 7 nitrogen and oxygen atoms in total. The fraction of sp³-hybridized carbons (Fsp3) is 0.107. The number of aromatic nitrogens is 1. The third kappa shape index (κ3) is 4.85. The van der Waals surface area contributed by atoms with Gasteiger partial charge < -0.3 is 18.9 Å². The van der Waals surface area contributed by atoms with Gasteiger partial charge in [-0.05, 0) is 97.9 Å². The van der Waals surface area contributed by atoms with Crippen LogP contribution in [0.1, 0.15) is 21.7 Å². The highest BCUT2D eigenvalue weighted by Gasteiger charge is 2.15. The second-order valence-electron chi connectivity index (χ2n) is 8.30. The second kappa shape index (κ2) is 9.67. The molecule has 5 rings (SSSR count). The Labute approximate surface area is 213 Å². The average molecular weight is 498 g/mol. The Morgan fingerprint density at radius 2 is 1.67 bits per heavy atom. The van der Waals surface area contributed by atoms with Gasteiger partial charge in [-0.3, -0.25) is 10.1 Å². The summed E-state index contributed by atoms with van der Waals surface area (Å²) in [4.78, 5) is 17.2. The van der Waals surface area contributed by atoms with E-state index in [1.165, 1.54) is 5.56 Å². The van der Waals surface area contributed by atoms with E-state index in [1.54, 1.807) is 37.4 Å². The molecule has 0 atom stereocenters. The molecule has 0 bridgehead atoms. The van der Waals surface area contributed by atoms with Gasteiger partial charge in [0.2, 0.25) is 5.89 Å². The number of rotatable bonds is 5. The number of oxazole rings is 1. The van der Waals surface area contributed by atoms with Crippen molar-refractivity contribution >= 4 is 40.0 Å². The van der Waals surface area contributed by atoms with Gasteiger partial charge in [-0.1, -0.05) is 12.1 Å². The Morgan fingerprint density at radius 1 is 0.889 bits per heavy atom. The number of hydrogen-bond donors (Lipinski definition) is 2. The predicted molar refractivity (Wildman–Crippen MR) is 143 cm³/mol. The smallest absolute Gasteiger partial charge is 0.293 e. The lowest BCUT2D eigenvalue weighted by molar-refractivity contribution is 0.0951. The van der Waals surface area contributed by atoms with Crippen LogP contribution in [0.4, 0.5) is 5.69 Å². The first-order valence-corrected chi connectivity index (χ1v) is 11.7. The predicted octanol–water partition coefficient (Wildman–Crippen LogP) is 6.51. The molecular formula is C28H23N3O4S. The highest BCUT2D eigenvalue weighted by Crippen LogP contribution is 2.28. The first kappa shape index (κ1) is 23.3. The Balaban J connectivity index is 1.25. The van der Waals surface area contributed by atoms with Crippen molar-refractivity contribution in [2.75, 3.05) is 12.4 Å². The summed E-state index contributed by atoms with van der Waals surface area (Å²) in [6.07, 6.45) is 0. The van der Waals surface area contributed by atoms with Crippen LogP contribution in [0, 0.1) is 13.8 Å². The Morgan fingerprint density at radius 3 is 2.42 bits per heavy atom. The number of nitrogens with zero attached hydrogens (tertiary/aromatic N) is 1. The van der Waals surface area contributed by atoms with Crippen molar-refractivity contribution in [1.29, 1.82) is 0 Å². The fourth-order valence-corrected chi connectivity index (χ4v) is 3.91. The zero-order chi connectivity index (χ0) is 25.2. The van der Waals surface area contributed by atoms with Gasteiger partial charge in [-0.25, -0.2) is 4.98 Å². The zero-order valence-electron chi connectivity index (χ0n) is 19.9. The van der Waals surface area contributed by atoms with E-state index >= 15 is 0 Å². The van der Waals surface area contributed by atoms with Crippen LogP contribution in [0.25, 0.3) is 33.9 Å². The van der Waals surface area contributed by atoms with Crippen molar-refractivity contribution in [1.82, 2.24) is 10.3 Å². The summed E-state index contributed by atoms with van der Waals surface area (Å²) in [7, 11) is 1.62. The Bertz CT molecular complexity index is 1580. The first-order valence-electron chi connectivity index (χ1n) is 11.2. The minimum absolute atomic E-state index is 0.141. The minimum Gasteiger partial charge on any atom is -0.497 e. The molecule has 0 radical (unpaired) electrons. The summed E-state index contributed by atoms with van der Waals surface area (Å²) in [5, 5.41) is 5.80. The van der Waals surface area contributed by atoms with Gasteiger partial charge in [-0.2, -0.15) is 0 Å². The minimum atomic E-state index is -0.438. The molecule has 180 valence electrons. The third-order valence-corrected chi connectivity index (χ3v) is 6.03. The molecule has 2 N–H and O–H groups in total. The highest BCUT2D eigenvalue weighted by atomic mass is 32.1. The molecule has 0 saturated carbocycles. The number of anilines is 1. The van der Waals surface area contributed by atoms with Gasteiger partial charge in [0.15, 0.2) is 16.5 Å². The van der Waals surface area contributed by atoms with Crippen molar-refractivity contribution in [3.63, 3.8) is 0 Å². The lowest BCUT2D eigenvalue weighted by atomic mass is 10.1. The molecule has 36 heavy (non-hydrogen) atoms. The fourth-order valence-electron chi connectivity index (χ4n) is 3.70. The molecule has 2 heterocycles. The number of fused-ring (bicyclic) bond motifs is 1. The quantitative estimate of drug-likeness (QED) is 0.268. The number of carbonyl (C=O) groups is 1. The molecule has 0 spiro atoms. The number of thiocarbonyl (C=S) groups is 1. The van der Waals surface area contributed by atoms with Gasteiger partial charge in [0.25, 0.3) is 5.91 Å². The van der Waals surface area contributed by atoms with Gasteiger partial charge >= 0.3 is 0 Å². The summed E-state index contributed by atoms with van der Waals surface area (Å²) in [5.74, 6) is 1.60. The van der Waals surface area contributed by atoms with Gasteiger partial charge in [0.05, 0.1) is 7.11 Å². The zero-order valence-corrected chi connectivity index (χ0v) is 20.7. The number of methoxy groups -OCH3 is 1. The summed E-state index contributed by atoms with van der Waals surface area (Å²) < 4.78 is 16.8. The summed E-state index contributed by atoms with van der Waals surface area (Å²) in [6, 6.07) is 22.3. The lowest BCUT2D eigenvalue weighted by Crippen LogP contribution is -2.33. The molecule has 0 aliphatic heterocycles. The molecule has 8 heteroatoms. The van der Waals surface area contributed by atoms with Crippen molar-refractivity contribution < 1.29 is 18.4 Å².